The van der Waals surface area contributed by atoms with Crippen LogP contribution >= 0.6 is 11.6 Å². The molecule has 1 saturated heterocycles. The van der Waals surface area contributed by atoms with Gasteiger partial charge in [0.2, 0.25) is 11.8 Å². The maximum Gasteiger partial charge on any atom is 0.256 e. The summed E-state index contributed by atoms with van der Waals surface area (Å²) in [6, 6.07) is 12.0. The van der Waals surface area contributed by atoms with Gasteiger partial charge in [0.15, 0.2) is 0 Å². The number of likely N-dealkylation sites (tertiary alicyclic amines) is 1. The predicted molar refractivity (Wildman–Crippen MR) is 115 cm³/mol. The smallest absolute Gasteiger partial charge is 0.256 e. The van der Waals surface area contributed by atoms with Crippen molar-refractivity contribution >= 4 is 35.0 Å². The molecule has 3 amide bonds. The van der Waals surface area contributed by atoms with Crippen LogP contribution in [-0.2, 0) is 22.6 Å². The first-order chi connectivity index (χ1) is 14.4. The van der Waals surface area contributed by atoms with Gasteiger partial charge in [-0.25, -0.2) is 0 Å². The van der Waals surface area contributed by atoms with Crippen LogP contribution in [0.2, 0.25) is 5.02 Å². The van der Waals surface area contributed by atoms with E-state index in [2.05, 4.69) is 5.32 Å². The summed E-state index contributed by atoms with van der Waals surface area (Å²) in [5.41, 5.74) is 3.01. The van der Waals surface area contributed by atoms with E-state index in [1.807, 2.05) is 23.1 Å². The van der Waals surface area contributed by atoms with Crippen LogP contribution in [0.25, 0.3) is 0 Å². The molecule has 2 heterocycles. The van der Waals surface area contributed by atoms with Crippen molar-refractivity contribution in [1.29, 1.82) is 0 Å². The van der Waals surface area contributed by atoms with Crippen LogP contribution < -0.4 is 5.32 Å². The van der Waals surface area contributed by atoms with E-state index < -0.39 is 6.04 Å². The third kappa shape index (κ3) is 4.05. The minimum absolute atomic E-state index is 0.00973. The lowest BCUT2D eigenvalue weighted by Crippen LogP contribution is -2.53. The topological polar surface area (TPSA) is 69.7 Å². The largest absolute Gasteiger partial charge is 0.341 e. The van der Waals surface area contributed by atoms with Gasteiger partial charge in [-0.05, 0) is 48.2 Å². The number of nitrogens with one attached hydrogen (secondary N) is 1. The van der Waals surface area contributed by atoms with E-state index in [1.165, 1.54) is 6.92 Å². The Morgan fingerprint density at radius 1 is 1.03 bits per heavy atom. The number of hydrogen-bond acceptors (Lipinski definition) is 3. The molecule has 0 aromatic heterocycles. The first-order valence-electron chi connectivity index (χ1n) is 10.2. The Morgan fingerprint density at radius 3 is 2.47 bits per heavy atom. The number of anilines is 1. The van der Waals surface area contributed by atoms with Crippen molar-refractivity contribution < 1.29 is 14.4 Å². The molecule has 30 heavy (non-hydrogen) atoms. The molecule has 2 aliphatic rings. The molecule has 2 aromatic carbocycles. The maximum atomic E-state index is 13.4. The zero-order valence-corrected chi connectivity index (χ0v) is 17.6. The highest BCUT2D eigenvalue weighted by Gasteiger charge is 2.38. The molecule has 1 fully saturated rings. The summed E-state index contributed by atoms with van der Waals surface area (Å²) in [6.45, 7) is 3.21. The molecule has 0 spiro atoms. The number of carbonyl (C=O) groups excluding carboxylic acids is 3. The molecule has 7 heteroatoms. The molecule has 0 aliphatic carbocycles. The van der Waals surface area contributed by atoms with Crippen molar-refractivity contribution in [2.24, 2.45) is 0 Å². The van der Waals surface area contributed by atoms with Crippen molar-refractivity contribution in [2.45, 2.75) is 38.8 Å². The third-order valence-electron chi connectivity index (χ3n) is 5.72. The molecule has 0 radical (unpaired) electrons. The van der Waals surface area contributed by atoms with E-state index in [1.54, 1.807) is 29.2 Å². The van der Waals surface area contributed by atoms with Crippen molar-refractivity contribution in [3.8, 4) is 0 Å². The lowest BCUT2D eigenvalue weighted by Gasteiger charge is -2.38. The summed E-state index contributed by atoms with van der Waals surface area (Å²) >= 11 is 6.29. The number of amides is 3. The van der Waals surface area contributed by atoms with Gasteiger partial charge in [0.05, 0.1) is 10.6 Å². The molecule has 6 nitrogen and oxygen atoms in total. The fraction of sp³-hybridized carbons (Fsp3) is 0.348. The number of rotatable bonds is 3. The average Bonchev–Trinajstić information content (AvgIpc) is 3.26. The number of hydrogen-bond donors (Lipinski definition) is 1. The van der Waals surface area contributed by atoms with Gasteiger partial charge in [-0.2, -0.15) is 0 Å². The Morgan fingerprint density at radius 2 is 1.77 bits per heavy atom. The van der Waals surface area contributed by atoms with Crippen molar-refractivity contribution in [3.05, 3.63) is 64.2 Å². The van der Waals surface area contributed by atoms with Gasteiger partial charge in [-0.1, -0.05) is 29.8 Å². The van der Waals surface area contributed by atoms with Crippen LogP contribution in [0.4, 0.5) is 5.69 Å². The number of fused-ring (bicyclic) bond motifs is 1. The van der Waals surface area contributed by atoms with E-state index in [9.17, 15) is 14.4 Å². The Bertz CT molecular complexity index is 1000. The van der Waals surface area contributed by atoms with Crippen molar-refractivity contribution in [3.63, 3.8) is 0 Å². The SMILES string of the molecule is CC(=O)Nc1ccc2c(c1)CN(C(=O)c1ccccc1Cl)[C@H](C(=O)N1CCCC1)C2. The van der Waals surface area contributed by atoms with Gasteiger partial charge in [0, 0.05) is 38.7 Å². The fourth-order valence-electron chi connectivity index (χ4n) is 4.24. The highest BCUT2D eigenvalue weighted by Crippen LogP contribution is 2.30. The summed E-state index contributed by atoms with van der Waals surface area (Å²) < 4.78 is 0. The molecule has 4 rings (SSSR count). The first-order valence-corrected chi connectivity index (χ1v) is 10.6. The standard InChI is InChI=1S/C23H24ClN3O3/c1-15(28)25-18-9-8-16-13-21(23(30)26-10-4-5-11-26)27(14-17(16)12-18)22(29)19-6-2-3-7-20(19)24/h2-3,6-9,12,21H,4-5,10-11,13-14H2,1H3,(H,25,28)/t21-/m0/s1. The number of carbonyl (C=O) groups is 3. The summed E-state index contributed by atoms with van der Waals surface area (Å²) in [4.78, 5) is 41.6. The highest BCUT2D eigenvalue weighted by atomic mass is 35.5. The molecular weight excluding hydrogens is 402 g/mol. The predicted octanol–water partition coefficient (Wildman–Crippen LogP) is 3.49. The lowest BCUT2D eigenvalue weighted by atomic mass is 9.92. The quantitative estimate of drug-likeness (QED) is 0.818. The van der Waals surface area contributed by atoms with E-state index in [4.69, 9.17) is 11.6 Å². The minimum atomic E-state index is -0.564. The van der Waals surface area contributed by atoms with E-state index in [0.29, 0.717) is 22.7 Å². The Labute approximate surface area is 180 Å². The van der Waals surface area contributed by atoms with Gasteiger partial charge < -0.3 is 15.1 Å². The van der Waals surface area contributed by atoms with E-state index in [-0.39, 0.29) is 24.3 Å². The summed E-state index contributed by atoms with van der Waals surface area (Å²) in [6.07, 6.45) is 2.43. The van der Waals surface area contributed by atoms with Crippen LogP contribution in [0.15, 0.2) is 42.5 Å². The molecule has 0 bridgehead atoms. The zero-order valence-electron chi connectivity index (χ0n) is 16.9. The Balaban J connectivity index is 1.70. The van der Waals surface area contributed by atoms with Crippen molar-refractivity contribution in [2.75, 3.05) is 18.4 Å². The number of halogens is 1. The number of nitrogens with zero attached hydrogens (tertiary/aromatic N) is 2. The summed E-state index contributed by atoms with van der Waals surface area (Å²) in [5.74, 6) is -0.421. The van der Waals surface area contributed by atoms with Gasteiger partial charge >= 0.3 is 0 Å². The first kappa shape index (κ1) is 20.4. The fourth-order valence-corrected chi connectivity index (χ4v) is 4.45. The minimum Gasteiger partial charge on any atom is -0.341 e. The summed E-state index contributed by atoms with van der Waals surface area (Å²) in [7, 11) is 0. The van der Waals surface area contributed by atoms with Crippen LogP contribution in [0, 0.1) is 0 Å². The second-order valence-electron chi connectivity index (χ2n) is 7.83. The second-order valence-corrected chi connectivity index (χ2v) is 8.24. The lowest BCUT2D eigenvalue weighted by molar-refractivity contribution is -0.135. The second kappa shape index (κ2) is 8.48. The monoisotopic (exact) mass is 425 g/mol. The molecule has 0 unspecified atom stereocenters. The summed E-state index contributed by atoms with van der Waals surface area (Å²) in [5, 5.41) is 3.15. The van der Waals surface area contributed by atoms with Crippen LogP contribution in [-0.4, -0.2) is 46.7 Å². The highest BCUT2D eigenvalue weighted by molar-refractivity contribution is 6.33. The van der Waals surface area contributed by atoms with E-state index >= 15 is 0 Å². The van der Waals surface area contributed by atoms with Gasteiger partial charge in [-0.3, -0.25) is 14.4 Å². The van der Waals surface area contributed by atoms with Gasteiger partial charge in [0.25, 0.3) is 5.91 Å². The Kier molecular flexibility index (Phi) is 5.77. The van der Waals surface area contributed by atoms with E-state index in [0.717, 1.165) is 37.1 Å². The average molecular weight is 426 g/mol. The normalized spacial score (nSPS) is 18.1. The third-order valence-corrected chi connectivity index (χ3v) is 6.05. The molecule has 0 saturated carbocycles. The van der Waals surface area contributed by atoms with Gasteiger partial charge in [0.1, 0.15) is 6.04 Å². The maximum absolute atomic E-state index is 13.4. The van der Waals surface area contributed by atoms with Gasteiger partial charge in [-0.15, -0.1) is 0 Å². The van der Waals surface area contributed by atoms with Crippen LogP contribution in [0.5, 0.6) is 0 Å². The molecule has 156 valence electrons. The molecule has 1 N–H and O–H groups in total. The Hall–Kier alpha value is -2.86. The molecule has 1 atom stereocenters. The zero-order chi connectivity index (χ0) is 21.3. The van der Waals surface area contributed by atoms with Crippen molar-refractivity contribution in [1.82, 2.24) is 9.80 Å². The van der Waals surface area contributed by atoms with Crippen LogP contribution in [0.3, 0.4) is 0 Å². The molecular formula is C23H24ClN3O3. The molecule has 2 aliphatic heterocycles. The molecule has 2 aromatic rings. The number of benzene rings is 2. The van der Waals surface area contributed by atoms with Crippen LogP contribution in [0.1, 0.15) is 41.3 Å².